The molecule has 5 heteroatoms. The molecule has 244 valence electrons. The van der Waals surface area contributed by atoms with Crippen LogP contribution in [0.4, 0.5) is 11.4 Å². The van der Waals surface area contributed by atoms with Crippen molar-refractivity contribution >= 4 is 28.4 Å². The molecule has 0 amide bonds. The van der Waals surface area contributed by atoms with Crippen molar-refractivity contribution in [2.24, 2.45) is 0 Å². The van der Waals surface area contributed by atoms with Gasteiger partial charge in [0.2, 0.25) is 0 Å². The average Bonchev–Trinajstić information content (AvgIpc) is 3.74. The Morgan fingerprint density at radius 2 is 1.25 bits per heavy atom. The molecule has 6 aromatic carbocycles. The molecule has 0 spiro atoms. The molecule has 8 aromatic rings. The Labute approximate surface area is 302 Å². The fourth-order valence-electron chi connectivity index (χ4n) is 8.12. The highest BCUT2D eigenvalue weighted by Gasteiger charge is 2.43. The van der Waals surface area contributed by atoms with Gasteiger partial charge in [-0.05, 0) is 66.2 Å². The molecule has 2 unspecified atom stereocenters. The minimum Gasteiger partial charge on any atom is -0.333 e. The number of anilines is 2. The maximum Gasteiger partial charge on any atom is 0.160 e. The van der Waals surface area contributed by atoms with Crippen molar-refractivity contribution in [3.05, 3.63) is 192 Å². The zero-order valence-corrected chi connectivity index (χ0v) is 28.1. The molecule has 5 nitrogen and oxygen atoms in total. The molecule has 0 fully saturated rings. The summed E-state index contributed by atoms with van der Waals surface area (Å²) in [5.74, 6) is 0.813. The van der Waals surface area contributed by atoms with Crippen LogP contribution >= 0.6 is 0 Å². The predicted molar refractivity (Wildman–Crippen MR) is 209 cm³/mol. The molecule has 2 atom stereocenters. The van der Waals surface area contributed by atoms with E-state index in [1.165, 1.54) is 33.4 Å². The van der Waals surface area contributed by atoms with Gasteiger partial charge in [-0.2, -0.15) is 5.26 Å². The van der Waals surface area contributed by atoms with Crippen LogP contribution in [-0.4, -0.2) is 14.5 Å². The van der Waals surface area contributed by atoms with Gasteiger partial charge in [0.15, 0.2) is 5.82 Å². The standard InChI is InChI=1S/C47H31N5/c48-30-31-13-11-16-33(27-31)41-29-40(32-14-3-1-4-15-32)49-47(50-41)34-17-12-20-36(28-34)52-42-23-9-7-21-37(42)38-25-26-44-45(46(38)52)39-22-8-10-24-43(39)51(44)35-18-5-2-6-19-35/h1-29,38,46H. The van der Waals surface area contributed by atoms with Crippen LogP contribution in [-0.2, 0) is 0 Å². The van der Waals surface area contributed by atoms with Crippen LogP contribution in [0.15, 0.2) is 170 Å². The van der Waals surface area contributed by atoms with E-state index >= 15 is 0 Å². The van der Waals surface area contributed by atoms with Crippen molar-refractivity contribution in [1.82, 2.24) is 14.5 Å². The van der Waals surface area contributed by atoms with Crippen molar-refractivity contribution in [2.75, 3.05) is 4.90 Å². The summed E-state index contributed by atoms with van der Waals surface area (Å²) in [6.07, 6.45) is 4.72. The van der Waals surface area contributed by atoms with E-state index in [9.17, 15) is 5.26 Å². The molecule has 0 radical (unpaired) electrons. The smallest absolute Gasteiger partial charge is 0.160 e. The Morgan fingerprint density at radius 1 is 0.577 bits per heavy atom. The maximum absolute atomic E-state index is 9.65. The second-order valence-electron chi connectivity index (χ2n) is 13.3. The van der Waals surface area contributed by atoms with E-state index in [1.807, 2.05) is 48.5 Å². The zero-order valence-electron chi connectivity index (χ0n) is 28.1. The summed E-state index contributed by atoms with van der Waals surface area (Å²) in [5, 5.41) is 10.9. The van der Waals surface area contributed by atoms with Gasteiger partial charge >= 0.3 is 0 Å². The third-order valence-corrected chi connectivity index (χ3v) is 10.4. The SMILES string of the molecule is N#Cc1cccc(-c2cc(-c3ccccc3)nc(-c3cccc(N4c5ccccc5C5C=Cc6c(c7ccccc7n6-c6ccccc6)C54)c3)n2)c1. The number of para-hydroxylation sites is 3. The number of rotatable bonds is 5. The predicted octanol–water partition coefficient (Wildman–Crippen LogP) is 11.3. The lowest BCUT2D eigenvalue weighted by Gasteiger charge is -2.33. The third kappa shape index (κ3) is 4.77. The van der Waals surface area contributed by atoms with Crippen LogP contribution in [0.1, 0.15) is 34.3 Å². The molecule has 52 heavy (non-hydrogen) atoms. The number of fused-ring (bicyclic) bond motifs is 7. The highest BCUT2D eigenvalue weighted by atomic mass is 15.2. The van der Waals surface area contributed by atoms with E-state index in [4.69, 9.17) is 9.97 Å². The van der Waals surface area contributed by atoms with Gasteiger partial charge in [0, 0.05) is 50.6 Å². The number of benzene rings is 6. The monoisotopic (exact) mass is 665 g/mol. The lowest BCUT2D eigenvalue weighted by molar-refractivity contribution is 0.669. The number of hydrogen-bond donors (Lipinski definition) is 0. The van der Waals surface area contributed by atoms with Crippen molar-refractivity contribution in [2.45, 2.75) is 12.0 Å². The molecule has 2 aromatic heterocycles. The molecule has 0 saturated heterocycles. The molecule has 0 bridgehead atoms. The van der Waals surface area contributed by atoms with Crippen molar-refractivity contribution in [3.8, 4) is 45.7 Å². The Kier molecular flexibility index (Phi) is 6.94. The second kappa shape index (κ2) is 12.1. The van der Waals surface area contributed by atoms with E-state index in [1.54, 1.807) is 0 Å². The van der Waals surface area contributed by atoms with E-state index in [0.717, 1.165) is 39.5 Å². The summed E-state index contributed by atoms with van der Waals surface area (Å²) in [4.78, 5) is 12.8. The summed E-state index contributed by atoms with van der Waals surface area (Å²) in [5.41, 5.74) is 13.5. The fraction of sp³-hybridized carbons (Fsp3) is 0.0426. The van der Waals surface area contributed by atoms with Crippen LogP contribution in [0, 0.1) is 11.3 Å². The lowest BCUT2D eigenvalue weighted by Crippen LogP contribution is -2.24. The quantitative estimate of drug-likeness (QED) is 0.184. The van der Waals surface area contributed by atoms with E-state index in [-0.39, 0.29) is 12.0 Å². The first-order valence-electron chi connectivity index (χ1n) is 17.6. The Hall–Kier alpha value is -7.03. The number of nitriles is 1. The maximum atomic E-state index is 9.65. The van der Waals surface area contributed by atoms with Crippen molar-refractivity contribution in [3.63, 3.8) is 0 Å². The van der Waals surface area contributed by atoms with E-state index in [0.29, 0.717) is 11.4 Å². The first-order valence-corrected chi connectivity index (χ1v) is 17.6. The van der Waals surface area contributed by atoms with Gasteiger partial charge in [0.05, 0.1) is 40.3 Å². The highest BCUT2D eigenvalue weighted by Crippen LogP contribution is 2.57. The van der Waals surface area contributed by atoms with Gasteiger partial charge < -0.3 is 9.47 Å². The van der Waals surface area contributed by atoms with Gasteiger partial charge in [-0.1, -0.05) is 115 Å². The molecular weight excluding hydrogens is 635 g/mol. The van der Waals surface area contributed by atoms with Crippen LogP contribution in [0.2, 0.25) is 0 Å². The van der Waals surface area contributed by atoms with Gasteiger partial charge in [-0.15, -0.1) is 0 Å². The van der Waals surface area contributed by atoms with Gasteiger partial charge in [0.25, 0.3) is 0 Å². The van der Waals surface area contributed by atoms with Gasteiger partial charge in [0.1, 0.15) is 0 Å². The van der Waals surface area contributed by atoms with Crippen molar-refractivity contribution in [1.29, 1.82) is 5.26 Å². The summed E-state index contributed by atoms with van der Waals surface area (Å²) >= 11 is 0. The summed E-state index contributed by atoms with van der Waals surface area (Å²) < 4.78 is 2.40. The normalized spacial score (nSPS) is 15.6. The molecular formula is C47H31N5. The van der Waals surface area contributed by atoms with Crippen LogP contribution in [0.5, 0.6) is 0 Å². The Morgan fingerprint density at radius 3 is 2.10 bits per heavy atom. The van der Waals surface area contributed by atoms with E-state index in [2.05, 4.69) is 143 Å². The Bertz CT molecular complexity index is 2720. The molecule has 0 saturated carbocycles. The van der Waals surface area contributed by atoms with Crippen LogP contribution < -0.4 is 4.90 Å². The lowest BCUT2D eigenvalue weighted by atomic mass is 9.84. The average molecular weight is 666 g/mol. The first-order chi connectivity index (χ1) is 25.7. The minimum absolute atomic E-state index is 0.0448. The Balaban J connectivity index is 1.16. The number of aromatic nitrogens is 3. The summed E-state index contributed by atoms with van der Waals surface area (Å²) in [6, 6.07) is 59.0. The molecule has 0 N–H and O–H groups in total. The van der Waals surface area contributed by atoms with Gasteiger partial charge in [-0.25, -0.2) is 9.97 Å². The summed E-state index contributed by atoms with van der Waals surface area (Å²) in [6.45, 7) is 0. The zero-order chi connectivity index (χ0) is 34.6. The second-order valence-corrected chi connectivity index (χ2v) is 13.3. The van der Waals surface area contributed by atoms with E-state index < -0.39 is 0 Å². The highest BCUT2D eigenvalue weighted by molar-refractivity contribution is 5.94. The molecule has 2 aliphatic rings. The number of nitrogens with zero attached hydrogens (tertiary/aromatic N) is 5. The number of hydrogen-bond acceptors (Lipinski definition) is 4. The molecule has 1 aliphatic heterocycles. The summed E-state index contributed by atoms with van der Waals surface area (Å²) in [7, 11) is 0. The largest absolute Gasteiger partial charge is 0.333 e. The van der Waals surface area contributed by atoms with Gasteiger partial charge in [-0.3, -0.25) is 0 Å². The third-order valence-electron chi connectivity index (χ3n) is 10.4. The van der Waals surface area contributed by atoms with Crippen LogP contribution in [0.3, 0.4) is 0 Å². The molecule has 10 rings (SSSR count). The molecule has 1 aliphatic carbocycles. The first kappa shape index (κ1) is 29.8. The van der Waals surface area contributed by atoms with Crippen LogP contribution in [0.25, 0.3) is 56.6 Å². The van der Waals surface area contributed by atoms with Crippen molar-refractivity contribution < 1.29 is 0 Å². The molecule has 3 heterocycles. The topological polar surface area (TPSA) is 57.7 Å². The fourth-order valence-corrected chi connectivity index (χ4v) is 8.12. The minimum atomic E-state index is 0.0448.